The highest BCUT2D eigenvalue weighted by atomic mass is 16.5. The first-order valence-electron chi connectivity index (χ1n) is 34.4. The maximum absolute atomic E-state index is 15.3. The van der Waals surface area contributed by atoms with Crippen LogP contribution in [0.2, 0.25) is 0 Å². The van der Waals surface area contributed by atoms with Crippen LogP contribution in [0.25, 0.3) is 0 Å². The lowest BCUT2D eigenvalue weighted by molar-refractivity contribution is -0.158. The first-order valence-corrected chi connectivity index (χ1v) is 34.4. The van der Waals surface area contributed by atoms with E-state index < -0.39 is 174 Å². The number of carbonyl (C=O) groups excluding carboxylic acids is 13. The van der Waals surface area contributed by atoms with E-state index in [1.165, 1.54) is 57.0 Å². The van der Waals surface area contributed by atoms with Crippen molar-refractivity contribution in [3.8, 4) is 0 Å². The lowest BCUT2D eigenvalue weighted by Gasteiger charge is -2.42. The minimum Gasteiger partial charge on any atom is -0.480 e. The quantitative estimate of drug-likeness (QED) is 0.0216. The number of methoxy groups -OCH3 is 1. The number of likely N-dealkylation sites (N-methyl/N-ethyl adjacent to an activating group) is 5. The molecule has 566 valence electrons. The van der Waals surface area contributed by atoms with E-state index in [-0.39, 0.29) is 83.1 Å². The summed E-state index contributed by atoms with van der Waals surface area (Å²) in [7, 11) is 8.02. The van der Waals surface area contributed by atoms with Gasteiger partial charge in [-0.25, -0.2) is 4.79 Å². The molecule has 2 aromatic carbocycles. The summed E-state index contributed by atoms with van der Waals surface area (Å²) in [6.07, 6.45) is -0.722. The number of nitrogens with zero attached hydrogens (tertiary/aromatic N) is 7. The standard InChI is InChI=1S/C70H110N16O16/c1-15-43(8)59(85(13)65(96)52(38-54(72)88)82(10)67(98)57(41(4)5)83(11)63(94)48(78-56(90)39-102-14)35-44-24-18-16-19-25-44)68(99)84(12)58(42(6)7)66(97)81(9)51(34-40(2)3)62(93)79-47(37-53(71)87)60(91)80-49(36-45-26-20-17-21-27-45)64(95)86-33-23-29-50(86)61(92)75-32-30-55(89)77-46(69(100)101)28-22-31-76-70(73)74/h16-21,24-27,40-43,46-52,57-59H,15,22-23,28-39H2,1-14H3,(H2,71,87)(H2,72,88)(H,75,92)(H,77,89)(H,78,90)(H,79,93)(H,80,91)(H,100,101)(H4,73,74,76). The fourth-order valence-corrected chi connectivity index (χ4v) is 12.5. The molecule has 1 fully saturated rings. The fraction of sp³-hybridized carbons (Fsp3) is 0.614. The Kier molecular flexibility index (Phi) is 35.5. The van der Waals surface area contributed by atoms with Gasteiger partial charge in [0, 0.05) is 81.2 Å². The molecule has 0 aromatic heterocycles. The molecule has 102 heavy (non-hydrogen) atoms. The van der Waals surface area contributed by atoms with Gasteiger partial charge in [0.2, 0.25) is 76.8 Å². The monoisotopic (exact) mass is 1430 g/mol. The zero-order valence-electron chi connectivity index (χ0n) is 61.5. The minimum absolute atomic E-state index is 0.0224. The van der Waals surface area contributed by atoms with Crippen molar-refractivity contribution >= 4 is 88.7 Å². The van der Waals surface area contributed by atoms with E-state index in [1.54, 1.807) is 116 Å². The number of hydrogen-bond acceptors (Lipinski definition) is 16. The van der Waals surface area contributed by atoms with Crippen molar-refractivity contribution in [2.75, 3.05) is 68.6 Å². The van der Waals surface area contributed by atoms with E-state index in [4.69, 9.17) is 27.7 Å². The van der Waals surface area contributed by atoms with Gasteiger partial charge in [0.1, 0.15) is 67.0 Å². The van der Waals surface area contributed by atoms with Gasteiger partial charge in [0.15, 0.2) is 5.96 Å². The highest BCUT2D eigenvalue weighted by Crippen LogP contribution is 2.26. The third-order valence-corrected chi connectivity index (χ3v) is 18.0. The number of benzene rings is 2. The molecule has 32 heteroatoms. The summed E-state index contributed by atoms with van der Waals surface area (Å²) in [5, 5.41) is 22.7. The molecule has 2 aromatic rings. The van der Waals surface area contributed by atoms with Gasteiger partial charge in [-0.1, -0.05) is 122 Å². The average Bonchev–Trinajstić information content (AvgIpc) is 0.953. The molecule has 1 saturated heterocycles. The SMILES string of the molecule is CCC(C)C(C(=O)N(C)C(C(=O)N(C)C(CC(C)C)C(=O)NC(CC(N)=O)C(=O)NC(Cc1ccccc1)C(=O)N1CCCC1C(=O)NCCC(=O)NC(CCCN=C(N)N)C(=O)O)C(C)C)N(C)C(=O)C(CC(N)=O)N(C)C(=O)C(C(C)C)N(C)C(=O)C(Cc1ccccc1)NC(=O)COC. The maximum atomic E-state index is 15.3. The average molecular weight is 1430 g/mol. The van der Waals surface area contributed by atoms with Crippen LogP contribution in [0.15, 0.2) is 65.7 Å². The fourth-order valence-electron chi connectivity index (χ4n) is 12.5. The second kappa shape index (κ2) is 41.9. The van der Waals surface area contributed by atoms with Crippen molar-refractivity contribution in [3.63, 3.8) is 0 Å². The molecule has 1 heterocycles. The largest absolute Gasteiger partial charge is 0.480 e. The normalized spacial score (nSPS) is 15.7. The van der Waals surface area contributed by atoms with E-state index in [0.29, 0.717) is 24.0 Å². The Morgan fingerprint density at radius 1 is 0.588 bits per heavy atom. The third-order valence-electron chi connectivity index (χ3n) is 18.0. The summed E-state index contributed by atoms with van der Waals surface area (Å²) in [5.74, 6) is -13.9. The van der Waals surface area contributed by atoms with Crippen LogP contribution in [0.3, 0.4) is 0 Å². The van der Waals surface area contributed by atoms with Gasteiger partial charge in [-0.2, -0.15) is 0 Å². The molecular weight excluding hydrogens is 1320 g/mol. The van der Waals surface area contributed by atoms with Gasteiger partial charge in [0.25, 0.3) is 0 Å². The number of aliphatic carboxylic acids is 1. The van der Waals surface area contributed by atoms with Crippen LogP contribution in [-0.4, -0.2) is 252 Å². The van der Waals surface area contributed by atoms with E-state index in [9.17, 15) is 57.8 Å². The number of likely N-dealkylation sites (tertiary alicyclic amines) is 1. The molecule has 1 aliphatic rings. The molecule has 32 nitrogen and oxygen atoms in total. The third kappa shape index (κ3) is 26.0. The summed E-state index contributed by atoms with van der Waals surface area (Å²) in [5.41, 5.74) is 23.4. The Morgan fingerprint density at radius 2 is 1.08 bits per heavy atom. The van der Waals surface area contributed by atoms with E-state index in [1.807, 2.05) is 0 Å². The van der Waals surface area contributed by atoms with Crippen molar-refractivity contribution in [1.29, 1.82) is 0 Å². The van der Waals surface area contributed by atoms with Crippen molar-refractivity contribution in [1.82, 2.24) is 56.0 Å². The van der Waals surface area contributed by atoms with Gasteiger partial charge in [-0.05, 0) is 66.9 Å². The number of nitrogens with one attached hydrogen (secondary N) is 5. The zero-order chi connectivity index (χ0) is 77.0. The lowest BCUT2D eigenvalue weighted by Crippen LogP contribution is -2.63. The first-order chi connectivity index (χ1) is 47.9. The summed E-state index contributed by atoms with van der Waals surface area (Å²) in [6, 6.07) is 3.87. The van der Waals surface area contributed by atoms with Crippen molar-refractivity contribution in [2.24, 2.45) is 51.6 Å². The summed E-state index contributed by atoms with van der Waals surface area (Å²) in [6.45, 7) is 13.4. The molecule has 11 atom stereocenters. The van der Waals surface area contributed by atoms with E-state index >= 15 is 14.4 Å². The van der Waals surface area contributed by atoms with Gasteiger partial charge >= 0.3 is 5.97 Å². The van der Waals surface area contributed by atoms with Crippen molar-refractivity contribution in [2.45, 2.75) is 186 Å². The second-order valence-electron chi connectivity index (χ2n) is 27.1. The number of amides is 13. The van der Waals surface area contributed by atoms with Crippen molar-refractivity contribution in [3.05, 3.63) is 71.8 Å². The number of guanidine groups is 1. The number of carbonyl (C=O) groups is 14. The van der Waals surface area contributed by atoms with Crippen LogP contribution in [-0.2, 0) is 84.7 Å². The number of rotatable bonds is 42. The number of carboxylic acids is 1. The molecule has 14 N–H and O–H groups in total. The van der Waals surface area contributed by atoms with Gasteiger partial charge in [-0.15, -0.1) is 0 Å². The van der Waals surface area contributed by atoms with Crippen molar-refractivity contribution < 1.29 is 77.0 Å². The lowest BCUT2D eigenvalue weighted by atomic mass is 9.92. The van der Waals surface area contributed by atoms with Crippen LogP contribution in [0, 0.1) is 23.7 Å². The number of primary amides is 2. The Balaban J connectivity index is 1.95. The van der Waals surface area contributed by atoms with Crippen LogP contribution in [0.4, 0.5) is 0 Å². The molecule has 11 unspecified atom stereocenters. The number of ether oxygens (including phenoxy) is 1. The molecule has 0 saturated carbocycles. The molecule has 0 bridgehead atoms. The number of carboxylic acid groups (broad SMARTS) is 1. The smallest absolute Gasteiger partial charge is 0.326 e. The van der Waals surface area contributed by atoms with Gasteiger partial charge in [0.05, 0.1) is 12.8 Å². The number of hydrogen-bond donors (Lipinski definition) is 10. The topological polar surface area (TPSA) is 464 Å². The molecule has 0 aliphatic carbocycles. The summed E-state index contributed by atoms with van der Waals surface area (Å²) >= 11 is 0. The Bertz CT molecular complexity index is 3240. The highest BCUT2D eigenvalue weighted by Gasteiger charge is 2.46. The van der Waals surface area contributed by atoms with E-state index in [0.717, 1.165) is 14.7 Å². The molecule has 0 spiro atoms. The number of nitrogens with two attached hydrogens (primary N) is 4. The number of aliphatic imine (C=N–C) groups is 1. The van der Waals surface area contributed by atoms with Crippen LogP contribution in [0.5, 0.6) is 0 Å². The zero-order valence-corrected chi connectivity index (χ0v) is 61.5. The molecule has 13 amide bonds. The molecule has 1 aliphatic heterocycles. The summed E-state index contributed by atoms with van der Waals surface area (Å²) < 4.78 is 5.00. The predicted octanol–water partition coefficient (Wildman–Crippen LogP) is -1.02. The Hall–Kier alpha value is -9.75. The Labute approximate surface area is 597 Å². The van der Waals surface area contributed by atoms with Gasteiger partial charge in [-0.3, -0.25) is 67.3 Å². The van der Waals surface area contributed by atoms with Gasteiger partial charge < -0.3 is 88.8 Å². The minimum atomic E-state index is -1.73. The first kappa shape index (κ1) is 86.5. The summed E-state index contributed by atoms with van der Waals surface area (Å²) in [4.78, 5) is 207. The van der Waals surface area contributed by atoms with Crippen LogP contribution >= 0.6 is 0 Å². The molecule has 0 radical (unpaired) electrons. The predicted molar refractivity (Wildman–Crippen MR) is 379 cm³/mol. The molecule has 3 rings (SSSR count). The highest BCUT2D eigenvalue weighted by molar-refractivity contribution is 6.00. The second-order valence-corrected chi connectivity index (χ2v) is 27.1. The maximum Gasteiger partial charge on any atom is 0.326 e. The van der Waals surface area contributed by atoms with E-state index in [2.05, 4.69) is 31.6 Å². The molecular formula is C70H110N16O16. The van der Waals surface area contributed by atoms with Crippen LogP contribution < -0.4 is 49.5 Å². The Morgan fingerprint density at radius 3 is 1.57 bits per heavy atom. The van der Waals surface area contributed by atoms with Crippen LogP contribution in [0.1, 0.15) is 124 Å².